The predicted molar refractivity (Wildman–Crippen MR) is 47.6 cm³/mol. The van der Waals surface area contributed by atoms with Crippen LogP contribution >= 0.6 is 0 Å². The number of aryl methyl sites for hydroxylation is 2. The van der Waals surface area contributed by atoms with Gasteiger partial charge in [0.2, 0.25) is 5.89 Å². The molecule has 0 amide bonds. The van der Waals surface area contributed by atoms with E-state index in [1.165, 1.54) is 0 Å². The highest BCUT2D eigenvalue weighted by atomic mass is 16.5. The summed E-state index contributed by atoms with van der Waals surface area (Å²) in [4.78, 5) is 0. The average molecular weight is 194 g/mol. The van der Waals surface area contributed by atoms with Crippen molar-refractivity contribution in [1.29, 1.82) is 0 Å². The van der Waals surface area contributed by atoms with Crippen molar-refractivity contribution < 1.29 is 8.94 Å². The minimum absolute atomic E-state index is 0.392. The number of hydrogen-bond acceptors (Lipinski definition) is 6. The Kier molecular flexibility index (Phi) is 2.18. The van der Waals surface area contributed by atoms with Crippen molar-refractivity contribution in [2.45, 2.75) is 20.4 Å². The van der Waals surface area contributed by atoms with E-state index in [2.05, 4.69) is 20.7 Å². The Morgan fingerprint density at radius 1 is 1.36 bits per heavy atom. The molecular weight excluding hydrogens is 184 g/mol. The third-order valence-electron chi connectivity index (χ3n) is 1.62. The van der Waals surface area contributed by atoms with Crippen LogP contribution in [0, 0.1) is 13.8 Å². The summed E-state index contributed by atoms with van der Waals surface area (Å²) in [5, 5.41) is 14.2. The van der Waals surface area contributed by atoms with E-state index in [-0.39, 0.29) is 0 Å². The maximum atomic E-state index is 5.12. The van der Waals surface area contributed by atoms with Crippen LogP contribution in [0.2, 0.25) is 0 Å². The molecule has 0 fully saturated rings. The van der Waals surface area contributed by atoms with Gasteiger partial charge in [-0.3, -0.25) is 0 Å². The number of aromatic nitrogens is 3. The molecule has 6 heteroatoms. The smallest absolute Gasteiger partial charge is 0.315 e. The van der Waals surface area contributed by atoms with Crippen LogP contribution in [-0.2, 0) is 6.54 Å². The molecule has 0 radical (unpaired) electrons. The topological polar surface area (TPSA) is 77.0 Å². The van der Waals surface area contributed by atoms with Crippen LogP contribution in [0.15, 0.2) is 15.0 Å². The molecule has 0 unspecified atom stereocenters. The standard InChI is InChI=1S/C8H10N4O2/c1-5-3-7(12-14-5)4-9-8-11-10-6(2)13-8/h3H,4H2,1-2H3,(H,9,11). The zero-order chi connectivity index (χ0) is 9.97. The highest BCUT2D eigenvalue weighted by molar-refractivity contribution is 5.19. The Labute approximate surface area is 80.3 Å². The minimum Gasteiger partial charge on any atom is -0.408 e. The fraction of sp³-hybridized carbons (Fsp3) is 0.375. The van der Waals surface area contributed by atoms with Gasteiger partial charge in [-0.15, -0.1) is 5.10 Å². The van der Waals surface area contributed by atoms with Crippen molar-refractivity contribution in [2.75, 3.05) is 5.32 Å². The summed E-state index contributed by atoms with van der Waals surface area (Å²) in [6.07, 6.45) is 0. The van der Waals surface area contributed by atoms with Gasteiger partial charge in [0, 0.05) is 13.0 Å². The molecule has 0 atom stereocenters. The largest absolute Gasteiger partial charge is 0.408 e. The third-order valence-corrected chi connectivity index (χ3v) is 1.62. The molecule has 1 N–H and O–H groups in total. The zero-order valence-corrected chi connectivity index (χ0v) is 7.94. The van der Waals surface area contributed by atoms with Gasteiger partial charge in [-0.25, -0.2) is 0 Å². The van der Waals surface area contributed by atoms with E-state index in [0.29, 0.717) is 18.5 Å². The third kappa shape index (κ3) is 1.90. The van der Waals surface area contributed by atoms with Crippen molar-refractivity contribution in [3.63, 3.8) is 0 Å². The second-order valence-electron chi connectivity index (χ2n) is 2.91. The van der Waals surface area contributed by atoms with Crippen molar-refractivity contribution >= 4 is 6.01 Å². The number of nitrogens with one attached hydrogen (secondary N) is 1. The van der Waals surface area contributed by atoms with E-state index in [0.717, 1.165) is 11.5 Å². The van der Waals surface area contributed by atoms with Gasteiger partial charge in [0.25, 0.3) is 0 Å². The summed E-state index contributed by atoms with van der Waals surface area (Å²) in [7, 11) is 0. The monoisotopic (exact) mass is 194 g/mol. The first kappa shape index (κ1) is 8.74. The molecule has 0 saturated carbocycles. The predicted octanol–water partition coefficient (Wildman–Crippen LogP) is 1.29. The lowest BCUT2D eigenvalue weighted by atomic mass is 10.4. The van der Waals surface area contributed by atoms with Crippen LogP contribution in [0.25, 0.3) is 0 Å². The van der Waals surface area contributed by atoms with Crippen LogP contribution in [0.5, 0.6) is 0 Å². The molecule has 0 aliphatic heterocycles. The van der Waals surface area contributed by atoms with Crippen LogP contribution < -0.4 is 5.32 Å². The molecule has 0 aromatic carbocycles. The van der Waals surface area contributed by atoms with Gasteiger partial charge in [-0.05, 0) is 6.92 Å². The summed E-state index contributed by atoms with van der Waals surface area (Å²) in [5.41, 5.74) is 0.804. The normalized spacial score (nSPS) is 10.4. The quantitative estimate of drug-likeness (QED) is 0.793. The van der Waals surface area contributed by atoms with Gasteiger partial charge in [-0.2, -0.15) is 0 Å². The van der Waals surface area contributed by atoms with Gasteiger partial charge in [0.1, 0.15) is 11.5 Å². The maximum Gasteiger partial charge on any atom is 0.315 e. The molecule has 74 valence electrons. The highest BCUT2D eigenvalue weighted by Gasteiger charge is 2.03. The molecule has 2 aromatic heterocycles. The number of rotatable bonds is 3. The van der Waals surface area contributed by atoms with Crippen LogP contribution in [0.4, 0.5) is 6.01 Å². The number of anilines is 1. The summed E-state index contributed by atoms with van der Waals surface area (Å²) >= 11 is 0. The van der Waals surface area contributed by atoms with Crippen LogP contribution in [-0.4, -0.2) is 15.4 Å². The molecule has 14 heavy (non-hydrogen) atoms. The first-order valence-electron chi connectivity index (χ1n) is 4.20. The average Bonchev–Trinajstić information content (AvgIpc) is 2.72. The summed E-state index contributed by atoms with van der Waals surface area (Å²) in [6.45, 7) is 4.09. The van der Waals surface area contributed by atoms with Crippen LogP contribution in [0.3, 0.4) is 0 Å². The van der Waals surface area contributed by atoms with Gasteiger partial charge < -0.3 is 14.3 Å². The van der Waals surface area contributed by atoms with Crippen molar-refractivity contribution in [3.05, 3.63) is 23.4 Å². The Morgan fingerprint density at radius 2 is 2.21 bits per heavy atom. The SMILES string of the molecule is Cc1cc(CNc2nnc(C)o2)no1. The lowest BCUT2D eigenvalue weighted by Crippen LogP contribution is -1.99. The van der Waals surface area contributed by atoms with E-state index >= 15 is 0 Å². The molecular formula is C8H10N4O2. The molecule has 2 aromatic rings. The van der Waals surface area contributed by atoms with Crippen molar-refractivity contribution in [1.82, 2.24) is 15.4 Å². The van der Waals surface area contributed by atoms with Gasteiger partial charge in [-0.1, -0.05) is 10.3 Å². The van der Waals surface area contributed by atoms with E-state index < -0.39 is 0 Å². The van der Waals surface area contributed by atoms with Gasteiger partial charge in [0.15, 0.2) is 0 Å². The lowest BCUT2D eigenvalue weighted by molar-refractivity contribution is 0.391. The fourth-order valence-electron chi connectivity index (χ4n) is 1.04. The van der Waals surface area contributed by atoms with Crippen LogP contribution in [0.1, 0.15) is 17.3 Å². The second-order valence-corrected chi connectivity index (χ2v) is 2.91. The summed E-state index contributed by atoms with van der Waals surface area (Å²) in [6, 6.07) is 2.24. The summed E-state index contributed by atoms with van der Waals surface area (Å²) < 4.78 is 10.0. The maximum absolute atomic E-state index is 5.12. The Morgan fingerprint density at radius 3 is 2.79 bits per heavy atom. The number of nitrogens with zero attached hydrogens (tertiary/aromatic N) is 3. The van der Waals surface area contributed by atoms with E-state index in [4.69, 9.17) is 8.94 Å². The Hall–Kier alpha value is -1.85. The van der Waals surface area contributed by atoms with Gasteiger partial charge in [0.05, 0.1) is 6.54 Å². The molecule has 0 aliphatic rings. The second kappa shape index (κ2) is 3.49. The van der Waals surface area contributed by atoms with E-state index in [1.807, 2.05) is 13.0 Å². The van der Waals surface area contributed by atoms with E-state index in [9.17, 15) is 0 Å². The first-order valence-corrected chi connectivity index (χ1v) is 4.20. The highest BCUT2D eigenvalue weighted by Crippen LogP contribution is 2.07. The molecule has 0 spiro atoms. The molecule has 2 heterocycles. The molecule has 0 saturated heterocycles. The Bertz CT molecular complexity index is 380. The van der Waals surface area contributed by atoms with Crippen molar-refractivity contribution in [2.24, 2.45) is 0 Å². The fourth-order valence-corrected chi connectivity index (χ4v) is 1.04. The first-order chi connectivity index (χ1) is 6.74. The molecule has 0 aliphatic carbocycles. The minimum atomic E-state index is 0.392. The molecule has 6 nitrogen and oxygen atoms in total. The molecule has 0 bridgehead atoms. The van der Waals surface area contributed by atoms with Gasteiger partial charge >= 0.3 is 6.01 Å². The number of hydrogen-bond donors (Lipinski definition) is 1. The zero-order valence-electron chi connectivity index (χ0n) is 7.94. The molecule has 2 rings (SSSR count). The lowest BCUT2D eigenvalue weighted by Gasteiger charge is -1.94. The van der Waals surface area contributed by atoms with Crippen molar-refractivity contribution in [3.8, 4) is 0 Å². The summed E-state index contributed by atoms with van der Waals surface area (Å²) in [5.74, 6) is 1.31. The van der Waals surface area contributed by atoms with E-state index in [1.54, 1.807) is 6.92 Å². The Balaban J connectivity index is 1.94.